The van der Waals surface area contributed by atoms with E-state index in [0.717, 1.165) is 0 Å². The summed E-state index contributed by atoms with van der Waals surface area (Å²) in [6, 6.07) is 3.93. The van der Waals surface area contributed by atoms with Gasteiger partial charge in [0.25, 0.3) is 5.91 Å². The lowest BCUT2D eigenvalue weighted by atomic mass is 10.2. The molecule has 0 saturated heterocycles. The summed E-state index contributed by atoms with van der Waals surface area (Å²) in [5.74, 6) is -0.545. The summed E-state index contributed by atoms with van der Waals surface area (Å²) in [5.41, 5.74) is 0.706. The fraction of sp³-hybridized carbons (Fsp3) is 0.333. The van der Waals surface area contributed by atoms with Gasteiger partial charge in [0.2, 0.25) is 0 Å². The number of aromatic nitrogens is 2. The minimum absolute atomic E-state index is 0.0370. The summed E-state index contributed by atoms with van der Waals surface area (Å²) in [6.07, 6.45) is 3.08. The molecule has 0 radical (unpaired) electrons. The molecule has 1 aromatic heterocycles. The van der Waals surface area contributed by atoms with Crippen molar-refractivity contribution in [2.45, 2.75) is 20.3 Å². The van der Waals surface area contributed by atoms with Crippen molar-refractivity contribution in [3.8, 4) is 11.5 Å². The van der Waals surface area contributed by atoms with Crippen molar-refractivity contribution in [3.05, 3.63) is 36.2 Å². The Morgan fingerprint density at radius 2 is 2.17 bits per heavy atom. The van der Waals surface area contributed by atoms with Crippen molar-refractivity contribution in [3.63, 3.8) is 0 Å². The number of carbonyl (C=O) groups excluding carboxylic acids is 1. The number of halogens is 2. The molecule has 0 aliphatic heterocycles. The smallest absolute Gasteiger partial charge is 0.387 e. The normalized spacial score (nSPS) is 10.7. The monoisotopic (exact) mass is 341 g/mol. The second-order valence-electron chi connectivity index (χ2n) is 4.59. The number of alkyl halides is 2. The highest BCUT2D eigenvalue weighted by atomic mass is 19.3. The fourth-order valence-corrected chi connectivity index (χ4v) is 1.89. The molecule has 0 aliphatic rings. The van der Waals surface area contributed by atoms with Gasteiger partial charge in [-0.3, -0.25) is 4.79 Å². The molecule has 1 N–H and O–H groups in total. The second kappa shape index (κ2) is 8.25. The van der Waals surface area contributed by atoms with Gasteiger partial charge in [-0.25, -0.2) is 4.68 Å². The van der Waals surface area contributed by atoms with Crippen LogP contribution in [0.4, 0.5) is 14.5 Å². The first-order valence-corrected chi connectivity index (χ1v) is 7.08. The Morgan fingerprint density at radius 3 is 2.83 bits per heavy atom. The Morgan fingerprint density at radius 1 is 1.38 bits per heavy atom. The van der Waals surface area contributed by atoms with Crippen LogP contribution < -0.4 is 14.8 Å². The summed E-state index contributed by atoms with van der Waals surface area (Å²) in [5, 5.41) is 6.67. The molecule has 9 heteroatoms. The van der Waals surface area contributed by atoms with Crippen molar-refractivity contribution in [1.29, 1.82) is 0 Å². The molecule has 2 aromatic rings. The molecule has 1 amide bonds. The van der Waals surface area contributed by atoms with Crippen molar-refractivity contribution in [1.82, 2.24) is 9.78 Å². The minimum atomic E-state index is -2.98. The number of hydrogen-bond donors (Lipinski definition) is 1. The largest absolute Gasteiger partial charge is 0.493 e. The Hall–Kier alpha value is -2.68. The molecule has 24 heavy (non-hydrogen) atoms. The van der Waals surface area contributed by atoms with Crippen molar-refractivity contribution >= 4 is 11.6 Å². The molecular weight excluding hydrogens is 324 g/mol. The van der Waals surface area contributed by atoms with E-state index in [1.54, 1.807) is 6.20 Å². The van der Waals surface area contributed by atoms with Crippen LogP contribution in [0.2, 0.25) is 0 Å². The van der Waals surface area contributed by atoms with E-state index in [4.69, 9.17) is 9.47 Å². The third-order valence-corrected chi connectivity index (χ3v) is 2.96. The number of anilines is 1. The van der Waals surface area contributed by atoms with Gasteiger partial charge in [-0.2, -0.15) is 13.9 Å². The van der Waals surface area contributed by atoms with Gasteiger partial charge in [0, 0.05) is 12.2 Å². The number of rotatable bonds is 8. The van der Waals surface area contributed by atoms with Gasteiger partial charge in [0.15, 0.2) is 11.5 Å². The van der Waals surface area contributed by atoms with E-state index in [-0.39, 0.29) is 23.8 Å². The average Bonchev–Trinajstić information content (AvgIpc) is 3.00. The van der Waals surface area contributed by atoms with E-state index >= 15 is 0 Å². The van der Waals surface area contributed by atoms with Gasteiger partial charge >= 0.3 is 6.61 Å². The lowest BCUT2D eigenvalue weighted by Gasteiger charge is -2.11. The molecule has 1 heterocycles. The highest BCUT2D eigenvalue weighted by Gasteiger charge is 2.14. The highest BCUT2D eigenvalue weighted by Crippen LogP contribution is 2.29. The molecule has 0 unspecified atom stereocenters. The van der Waals surface area contributed by atoms with Crippen molar-refractivity contribution < 1.29 is 27.8 Å². The van der Waals surface area contributed by atoms with Crippen LogP contribution in [0.1, 0.15) is 17.3 Å². The zero-order valence-electron chi connectivity index (χ0n) is 13.2. The third-order valence-electron chi connectivity index (χ3n) is 2.96. The quantitative estimate of drug-likeness (QED) is 0.799. The first kappa shape index (κ1) is 17.7. The van der Waals surface area contributed by atoms with Crippen LogP contribution >= 0.6 is 0 Å². The standard InChI is InChI=1S/C15H17F2N3O4/c1-3-23-9-20-8-11(7-18-20)19-14(21)10-4-5-12(24-15(16)17)13(6-10)22-2/h4-8,15H,3,9H2,1-2H3,(H,19,21). The predicted octanol–water partition coefficient (Wildman–Crippen LogP) is 2.74. The van der Waals surface area contributed by atoms with E-state index in [2.05, 4.69) is 15.2 Å². The molecule has 7 nitrogen and oxygen atoms in total. The van der Waals surface area contributed by atoms with Crippen LogP contribution in [-0.2, 0) is 11.5 Å². The Labute approximate surface area is 137 Å². The topological polar surface area (TPSA) is 74.6 Å². The molecule has 2 rings (SSSR count). The summed E-state index contributed by atoms with van der Waals surface area (Å²) in [4.78, 5) is 12.2. The Kier molecular flexibility index (Phi) is 6.07. The maximum absolute atomic E-state index is 12.3. The number of methoxy groups -OCH3 is 1. The van der Waals surface area contributed by atoms with E-state index in [0.29, 0.717) is 12.3 Å². The zero-order chi connectivity index (χ0) is 17.5. The SMILES string of the molecule is CCOCn1cc(NC(=O)c2ccc(OC(F)F)c(OC)c2)cn1. The lowest BCUT2D eigenvalue weighted by Crippen LogP contribution is -2.12. The number of amides is 1. The average molecular weight is 341 g/mol. The number of nitrogens with one attached hydrogen (secondary N) is 1. The van der Waals surface area contributed by atoms with Gasteiger partial charge in [-0.05, 0) is 25.1 Å². The summed E-state index contributed by atoms with van der Waals surface area (Å²) in [6.45, 7) is -0.287. The van der Waals surface area contributed by atoms with Gasteiger partial charge in [-0.15, -0.1) is 0 Å². The number of nitrogens with zero attached hydrogens (tertiary/aromatic N) is 2. The maximum Gasteiger partial charge on any atom is 0.387 e. The van der Waals surface area contributed by atoms with Crippen LogP contribution in [0.25, 0.3) is 0 Å². The minimum Gasteiger partial charge on any atom is -0.493 e. The Balaban J connectivity index is 2.07. The van der Waals surface area contributed by atoms with Crippen molar-refractivity contribution in [2.75, 3.05) is 19.0 Å². The van der Waals surface area contributed by atoms with Crippen LogP contribution in [0.3, 0.4) is 0 Å². The van der Waals surface area contributed by atoms with Crippen LogP contribution in [0.15, 0.2) is 30.6 Å². The van der Waals surface area contributed by atoms with Gasteiger partial charge < -0.3 is 19.5 Å². The zero-order valence-corrected chi connectivity index (χ0v) is 13.2. The molecule has 0 saturated carbocycles. The summed E-state index contributed by atoms with van der Waals surface area (Å²) in [7, 11) is 1.30. The van der Waals surface area contributed by atoms with Crippen molar-refractivity contribution in [2.24, 2.45) is 0 Å². The van der Waals surface area contributed by atoms with Gasteiger partial charge in [0.05, 0.1) is 25.2 Å². The first-order valence-electron chi connectivity index (χ1n) is 7.08. The molecular formula is C15H17F2N3O4. The van der Waals surface area contributed by atoms with Gasteiger partial charge in [-0.1, -0.05) is 0 Å². The second-order valence-corrected chi connectivity index (χ2v) is 4.59. The van der Waals surface area contributed by atoms with E-state index < -0.39 is 12.5 Å². The maximum atomic E-state index is 12.3. The molecule has 0 spiro atoms. The number of carbonyl (C=O) groups is 1. The number of benzene rings is 1. The fourth-order valence-electron chi connectivity index (χ4n) is 1.89. The molecule has 0 atom stereocenters. The van der Waals surface area contributed by atoms with Crippen LogP contribution in [-0.4, -0.2) is 36.0 Å². The molecule has 130 valence electrons. The molecule has 0 aliphatic carbocycles. The molecule has 0 bridgehead atoms. The molecule has 0 fully saturated rings. The third kappa shape index (κ3) is 4.66. The van der Waals surface area contributed by atoms with Gasteiger partial charge in [0.1, 0.15) is 6.73 Å². The Bertz CT molecular complexity index is 691. The summed E-state index contributed by atoms with van der Waals surface area (Å²) >= 11 is 0. The van der Waals surface area contributed by atoms with E-state index in [9.17, 15) is 13.6 Å². The highest BCUT2D eigenvalue weighted by molar-refractivity contribution is 6.04. The summed E-state index contributed by atoms with van der Waals surface area (Å²) < 4.78 is 40.6. The van der Waals surface area contributed by atoms with E-state index in [1.807, 2.05) is 6.92 Å². The van der Waals surface area contributed by atoms with Crippen LogP contribution in [0, 0.1) is 0 Å². The molecule has 1 aromatic carbocycles. The predicted molar refractivity (Wildman–Crippen MR) is 81.4 cm³/mol. The number of hydrogen-bond acceptors (Lipinski definition) is 5. The first-order chi connectivity index (χ1) is 11.5. The number of ether oxygens (including phenoxy) is 3. The van der Waals surface area contributed by atoms with E-state index in [1.165, 1.54) is 36.2 Å². The van der Waals surface area contributed by atoms with Crippen LogP contribution in [0.5, 0.6) is 11.5 Å². The lowest BCUT2D eigenvalue weighted by molar-refractivity contribution is -0.0512.